The Labute approximate surface area is 206 Å². The summed E-state index contributed by atoms with van der Waals surface area (Å²) in [6.07, 6.45) is 1.65. The fourth-order valence-corrected chi connectivity index (χ4v) is 4.11. The van der Waals surface area contributed by atoms with Crippen LogP contribution in [0.3, 0.4) is 0 Å². The highest BCUT2D eigenvalue weighted by molar-refractivity contribution is 9.10. The van der Waals surface area contributed by atoms with Crippen molar-refractivity contribution in [3.8, 4) is 17.0 Å². The van der Waals surface area contributed by atoms with Crippen LogP contribution in [-0.2, 0) is 0 Å². The second-order valence-electron chi connectivity index (χ2n) is 6.50. The molecule has 0 saturated heterocycles. The van der Waals surface area contributed by atoms with E-state index >= 15 is 0 Å². The molecule has 9 heteroatoms. The third kappa shape index (κ3) is 5.75. The van der Waals surface area contributed by atoms with Gasteiger partial charge in [-0.1, -0.05) is 39.1 Å². The molecule has 0 amide bonds. The molecule has 0 atom stereocenters. The van der Waals surface area contributed by atoms with Crippen molar-refractivity contribution in [1.82, 2.24) is 4.98 Å². The van der Waals surface area contributed by atoms with E-state index in [-0.39, 0.29) is 0 Å². The number of esters is 1. The molecule has 3 aromatic carbocycles. The molecule has 160 valence electrons. The molecule has 0 bridgehead atoms. The van der Waals surface area contributed by atoms with Crippen LogP contribution in [0.15, 0.2) is 81.7 Å². The number of thiazole rings is 1. The Kier molecular flexibility index (Phi) is 7.22. The zero-order valence-electron chi connectivity index (χ0n) is 16.3. The highest BCUT2D eigenvalue weighted by Gasteiger charge is 2.09. The predicted molar refractivity (Wildman–Crippen MR) is 134 cm³/mol. The van der Waals surface area contributed by atoms with E-state index in [2.05, 4.69) is 31.4 Å². The smallest absolute Gasteiger partial charge is 0.343 e. The van der Waals surface area contributed by atoms with Crippen LogP contribution in [-0.4, -0.2) is 17.2 Å². The fraction of sp³-hybridized carbons (Fsp3) is 0. The van der Waals surface area contributed by atoms with Crippen LogP contribution < -0.4 is 10.2 Å². The summed E-state index contributed by atoms with van der Waals surface area (Å²) in [5, 5.41) is 7.84. The van der Waals surface area contributed by atoms with Crippen molar-refractivity contribution >= 4 is 67.8 Å². The minimum Gasteiger partial charge on any atom is -0.423 e. The van der Waals surface area contributed by atoms with Gasteiger partial charge in [0.25, 0.3) is 0 Å². The Morgan fingerprint density at radius 3 is 2.53 bits per heavy atom. The molecule has 4 aromatic rings. The van der Waals surface area contributed by atoms with Gasteiger partial charge in [-0.05, 0) is 72.3 Å². The number of rotatable bonds is 6. The largest absolute Gasteiger partial charge is 0.423 e. The zero-order chi connectivity index (χ0) is 22.5. The molecule has 0 aliphatic rings. The van der Waals surface area contributed by atoms with E-state index in [1.807, 2.05) is 11.4 Å². The predicted octanol–water partition coefficient (Wildman–Crippen LogP) is 7.54. The summed E-state index contributed by atoms with van der Waals surface area (Å²) in [4.78, 5) is 16.7. The van der Waals surface area contributed by atoms with Crippen molar-refractivity contribution in [1.29, 1.82) is 0 Å². The molecular formula is C23H14BrCl2N3O2S. The second kappa shape index (κ2) is 10.3. The molecule has 0 aliphatic carbocycles. The quantitative estimate of drug-likeness (QED) is 0.117. The number of hydrazone groups is 1. The number of nitrogens with one attached hydrogen (secondary N) is 1. The Bertz CT molecular complexity index is 1280. The number of aromatic nitrogens is 1. The standard InChI is InChI=1S/C23H14BrCl2N3O2S/c24-16-5-3-15(4-6-16)22(30)31-18-8-1-14(2-9-18)12-27-29-23-28-21(13-32-23)19-10-7-17(25)11-20(19)26/h1-13H,(H,28,29)/b27-12+. The normalized spacial score (nSPS) is 11.0. The van der Waals surface area contributed by atoms with Gasteiger partial charge in [0.15, 0.2) is 0 Å². The van der Waals surface area contributed by atoms with E-state index in [0.717, 1.165) is 21.3 Å². The molecule has 0 fully saturated rings. The molecule has 4 rings (SSSR count). The summed E-state index contributed by atoms with van der Waals surface area (Å²) in [5.41, 5.74) is 5.76. The Morgan fingerprint density at radius 2 is 1.81 bits per heavy atom. The molecule has 0 aliphatic heterocycles. The first-order chi connectivity index (χ1) is 15.5. The van der Waals surface area contributed by atoms with E-state index in [1.54, 1.807) is 66.9 Å². The average molecular weight is 547 g/mol. The van der Waals surface area contributed by atoms with Crippen LogP contribution in [0.4, 0.5) is 5.13 Å². The van der Waals surface area contributed by atoms with Crippen molar-refractivity contribution < 1.29 is 9.53 Å². The lowest BCUT2D eigenvalue weighted by molar-refractivity contribution is 0.0734. The number of nitrogens with zero attached hydrogens (tertiary/aromatic N) is 2. The number of ether oxygens (including phenoxy) is 1. The zero-order valence-corrected chi connectivity index (χ0v) is 20.2. The van der Waals surface area contributed by atoms with Gasteiger partial charge in [0, 0.05) is 20.4 Å². The molecule has 0 saturated carbocycles. The van der Waals surface area contributed by atoms with Crippen molar-refractivity contribution in [2.45, 2.75) is 0 Å². The molecule has 1 N–H and O–H groups in total. The number of carbonyl (C=O) groups excluding carboxylic acids is 1. The summed E-state index contributed by atoms with van der Waals surface area (Å²) in [6.45, 7) is 0. The molecule has 0 radical (unpaired) electrons. The maximum absolute atomic E-state index is 12.2. The topological polar surface area (TPSA) is 63.6 Å². The number of halogens is 3. The summed E-state index contributed by atoms with van der Waals surface area (Å²) in [7, 11) is 0. The third-order valence-electron chi connectivity index (χ3n) is 4.26. The van der Waals surface area contributed by atoms with Crippen LogP contribution >= 0.6 is 50.5 Å². The Morgan fingerprint density at radius 1 is 1.06 bits per heavy atom. The highest BCUT2D eigenvalue weighted by Crippen LogP contribution is 2.32. The van der Waals surface area contributed by atoms with Gasteiger partial charge in [-0.3, -0.25) is 5.43 Å². The van der Waals surface area contributed by atoms with Crippen LogP contribution in [0.25, 0.3) is 11.3 Å². The lowest BCUT2D eigenvalue weighted by Crippen LogP contribution is -2.08. The lowest BCUT2D eigenvalue weighted by atomic mass is 10.2. The van der Waals surface area contributed by atoms with Crippen molar-refractivity contribution in [2.75, 3.05) is 5.43 Å². The molecular weight excluding hydrogens is 533 g/mol. The lowest BCUT2D eigenvalue weighted by Gasteiger charge is -2.04. The van der Waals surface area contributed by atoms with Gasteiger partial charge in [-0.15, -0.1) is 11.3 Å². The van der Waals surface area contributed by atoms with Gasteiger partial charge in [0.1, 0.15) is 5.75 Å². The monoisotopic (exact) mass is 545 g/mol. The molecule has 1 heterocycles. The van der Waals surface area contributed by atoms with Crippen LogP contribution in [0.5, 0.6) is 5.75 Å². The maximum atomic E-state index is 12.2. The molecule has 1 aromatic heterocycles. The van der Waals surface area contributed by atoms with Gasteiger partial charge in [0.2, 0.25) is 5.13 Å². The third-order valence-corrected chi connectivity index (χ3v) is 6.08. The average Bonchev–Trinajstić information content (AvgIpc) is 3.24. The Hall–Kier alpha value is -2.71. The van der Waals surface area contributed by atoms with Gasteiger partial charge in [0.05, 0.1) is 22.5 Å². The SMILES string of the molecule is O=C(Oc1ccc(/C=N/Nc2nc(-c3ccc(Cl)cc3Cl)cs2)cc1)c1ccc(Br)cc1. The molecule has 5 nitrogen and oxygen atoms in total. The number of anilines is 1. The molecule has 0 spiro atoms. The number of benzene rings is 3. The van der Waals surface area contributed by atoms with Gasteiger partial charge in [-0.25, -0.2) is 9.78 Å². The molecule has 0 unspecified atom stereocenters. The summed E-state index contributed by atoms with van der Waals surface area (Å²) in [6, 6.07) is 19.3. The summed E-state index contributed by atoms with van der Waals surface area (Å²) >= 11 is 16.9. The minimum atomic E-state index is -0.416. The summed E-state index contributed by atoms with van der Waals surface area (Å²) in [5.74, 6) is 0.0355. The van der Waals surface area contributed by atoms with Crippen molar-refractivity contribution in [2.24, 2.45) is 5.10 Å². The first kappa shape index (κ1) is 22.5. The maximum Gasteiger partial charge on any atom is 0.343 e. The van der Waals surface area contributed by atoms with Crippen molar-refractivity contribution in [3.63, 3.8) is 0 Å². The summed E-state index contributed by atoms with van der Waals surface area (Å²) < 4.78 is 6.29. The van der Waals surface area contributed by atoms with E-state index in [4.69, 9.17) is 27.9 Å². The number of hydrogen-bond acceptors (Lipinski definition) is 6. The van der Waals surface area contributed by atoms with E-state index < -0.39 is 5.97 Å². The van der Waals surface area contributed by atoms with E-state index in [9.17, 15) is 4.79 Å². The van der Waals surface area contributed by atoms with Crippen LogP contribution in [0.2, 0.25) is 10.0 Å². The highest BCUT2D eigenvalue weighted by atomic mass is 79.9. The first-order valence-corrected chi connectivity index (χ1v) is 11.7. The van der Waals surface area contributed by atoms with Crippen LogP contribution in [0.1, 0.15) is 15.9 Å². The van der Waals surface area contributed by atoms with Crippen molar-refractivity contribution in [3.05, 3.63) is 97.8 Å². The van der Waals surface area contributed by atoms with Gasteiger partial charge >= 0.3 is 5.97 Å². The number of hydrogen-bond donors (Lipinski definition) is 1. The first-order valence-electron chi connectivity index (χ1n) is 9.26. The van der Waals surface area contributed by atoms with E-state index in [1.165, 1.54) is 11.3 Å². The van der Waals surface area contributed by atoms with E-state index in [0.29, 0.717) is 26.5 Å². The fourth-order valence-electron chi connectivity index (χ4n) is 2.68. The minimum absolute atomic E-state index is 0.416. The second-order valence-corrected chi connectivity index (χ2v) is 9.11. The van der Waals surface area contributed by atoms with Gasteiger partial charge in [-0.2, -0.15) is 5.10 Å². The van der Waals surface area contributed by atoms with Gasteiger partial charge < -0.3 is 4.74 Å². The van der Waals surface area contributed by atoms with Crippen LogP contribution in [0, 0.1) is 0 Å². The molecule has 32 heavy (non-hydrogen) atoms. The number of carbonyl (C=O) groups is 1. The Balaban J connectivity index is 1.35.